The second-order valence-electron chi connectivity index (χ2n) is 0.969. The number of hydrogen-bond acceptors (Lipinski definition) is 1. The fourth-order valence-corrected chi connectivity index (χ4v) is 0.611. The van der Waals surface area contributed by atoms with E-state index >= 15 is 0 Å². The van der Waals surface area contributed by atoms with E-state index in [2.05, 4.69) is 4.36 Å². The summed E-state index contributed by atoms with van der Waals surface area (Å²) in [5.74, 6) is 0. The predicted molar refractivity (Wildman–Crippen MR) is 32.0 cm³/mol. The molecule has 3 heteroatoms. The zero-order valence-corrected chi connectivity index (χ0v) is 4.96. The molecular weight excluding hydrogens is 92.9 g/mol. The predicted octanol–water partition coefficient (Wildman–Crippen LogP) is 0.521. The third kappa shape index (κ3) is 4.08. The minimum absolute atomic E-state index is 0.191. The number of nitrogens with zero attached hydrogens (tertiary/aromatic N) is 1. The molecule has 0 radical (unpaired) electrons. The van der Waals surface area contributed by atoms with Gasteiger partial charge in [-0.05, 0) is 0 Å². The summed E-state index contributed by atoms with van der Waals surface area (Å²) in [6.45, 7) is 8.09. The Morgan fingerprint density at radius 1 is 1.83 bits per heavy atom. The van der Waals surface area contributed by atoms with Gasteiger partial charge in [-0.25, -0.2) is 0 Å². The van der Waals surface area contributed by atoms with Crippen LogP contribution in [0.15, 0.2) is 4.36 Å². The van der Waals surface area contributed by atoms with Crippen molar-refractivity contribution in [3.63, 3.8) is 0 Å². The van der Waals surface area contributed by atoms with E-state index in [0.717, 1.165) is 6.54 Å². The maximum atomic E-state index is 5.26. The molecule has 0 unspecified atom stereocenters. The molecule has 0 amide bonds. The first-order chi connectivity index (χ1) is 2.77. The minimum atomic E-state index is -0.191. The Morgan fingerprint density at radius 2 is 2.33 bits per heavy atom. The SMILES string of the molecule is B#S(C)=NCC. The first-order valence-electron chi connectivity index (χ1n) is 1.85. The molecule has 0 aromatic rings. The zero-order valence-electron chi connectivity index (χ0n) is 4.14. The van der Waals surface area contributed by atoms with Crippen LogP contribution < -0.4 is 0 Å². The Kier molecular flexibility index (Phi) is 3.33. The summed E-state index contributed by atoms with van der Waals surface area (Å²) in [7, 11) is -0.191. The van der Waals surface area contributed by atoms with Crippen LogP contribution in [0, 0.1) is 0 Å². The summed E-state index contributed by atoms with van der Waals surface area (Å²) in [6, 6.07) is 0. The molecule has 0 aliphatic carbocycles. The van der Waals surface area contributed by atoms with Crippen molar-refractivity contribution in [1.82, 2.24) is 0 Å². The summed E-state index contributed by atoms with van der Waals surface area (Å²) in [5, 5.41) is 0. The van der Waals surface area contributed by atoms with E-state index in [0.29, 0.717) is 0 Å². The fraction of sp³-hybridized carbons (Fsp3) is 1.00. The van der Waals surface area contributed by atoms with Crippen molar-refractivity contribution in [3.05, 3.63) is 0 Å². The Hall–Kier alpha value is 0.0849. The van der Waals surface area contributed by atoms with Gasteiger partial charge in [-0.1, -0.05) is 0 Å². The van der Waals surface area contributed by atoms with Crippen molar-refractivity contribution < 1.29 is 0 Å². The van der Waals surface area contributed by atoms with E-state index in [1.165, 1.54) is 0 Å². The Morgan fingerprint density at radius 3 is 2.33 bits per heavy atom. The summed E-state index contributed by atoms with van der Waals surface area (Å²) < 4.78 is 3.93. The molecule has 0 aromatic carbocycles. The van der Waals surface area contributed by atoms with E-state index in [1.807, 2.05) is 13.2 Å². The summed E-state index contributed by atoms with van der Waals surface area (Å²) in [5.41, 5.74) is 0. The molecule has 0 heterocycles. The van der Waals surface area contributed by atoms with Crippen LogP contribution in [-0.2, 0) is 9.93 Å². The van der Waals surface area contributed by atoms with Crippen LogP contribution in [0.3, 0.4) is 0 Å². The molecule has 0 atom stereocenters. The summed E-state index contributed by atoms with van der Waals surface area (Å²) in [4.78, 5) is 0. The molecule has 0 fully saturated rings. The molecule has 0 aromatic heterocycles. The second-order valence-corrected chi connectivity index (χ2v) is 2.27. The van der Waals surface area contributed by atoms with Crippen LogP contribution in [0.2, 0.25) is 0 Å². The monoisotopic (exact) mass is 101 g/mol. The van der Waals surface area contributed by atoms with Gasteiger partial charge in [0.05, 0.1) is 0 Å². The van der Waals surface area contributed by atoms with Gasteiger partial charge in [0, 0.05) is 0 Å². The van der Waals surface area contributed by atoms with Gasteiger partial charge in [0.2, 0.25) is 0 Å². The molecule has 0 saturated carbocycles. The normalized spacial score (nSPS) is 12.3. The van der Waals surface area contributed by atoms with E-state index in [-0.39, 0.29) is 9.93 Å². The van der Waals surface area contributed by atoms with Crippen molar-refractivity contribution in [3.8, 4) is 0 Å². The number of hydrogen-bond donors (Lipinski definition) is 0. The van der Waals surface area contributed by atoms with Crippen molar-refractivity contribution in [2.45, 2.75) is 6.92 Å². The van der Waals surface area contributed by atoms with Crippen molar-refractivity contribution >= 4 is 16.5 Å². The van der Waals surface area contributed by atoms with Crippen LogP contribution in [0.25, 0.3) is 0 Å². The van der Waals surface area contributed by atoms with Crippen LogP contribution in [0.4, 0.5) is 0 Å². The van der Waals surface area contributed by atoms with Gasteiger partial charge < -0.3 is 0 Å². The molecule has 34 valence electrons. The van der Waals surface area contributed by atoms with Gasteiger partial charge in [-0.2, -0.15) is 0 Å². The van der Waals surface area contributed by atoms with Gasteiger partial charge in [0.25, 0.3) is 0 Å². The van der Waals surface area contributed by atoms with E-state index in [1.54, 1.807) is 0 Å². The third-order valence-corrected chi connectivity index (χ3v) is 0.998. The first-order valence-corrected chi connectivity index (χ1v) is 3.50. The summed E-state index contributed by atoms with van der Waals surface area (Å²) in [6.07, 6.45) is 1.89. The van der Waals surface area contributed by atoms with Crippen LogP contribution in [-0.4, -0.2) is 19.3 Å². The van der Waals surface area contributed by atoms with E-state index in [9.17, 15) is 0 Å². The van der Waals surface area contributed by atoms with Gasteiger partial charge >= 0.3 is 40.5 Å². The Bertz CT molecular complexity index is 132. The molecule has 0 spiro atoms. The number of rotatable bonds is 1. The first kappa shape index (κ1) is 6.08. The van der Waals surface area contributed by atoms with Gasteiger partial charge in [-0.3, -0.25) is 0 Å². The zero-order chi connectivity index (χ0) is 4.99. The molecule has 1 nitrogen and oxygen atoms in total. The summed E-state index contributed by atoms with van der Waals surface area (Å²) >= 11 is 0. The van der Waals surface area contributed by atoms with Crippen LogP contribution in [0.1, 0.15) is 6.92 Å². The van der Waals surface area contributed by atoms with Gasteiger partial charge in [-0.15, -0.1) is 0 Å². The Balaban J connectivity index is 3.55. The molecule has 0 N–H and O–H groups in total. The molecule has 0 bridgehead atoms. The molecule has 0 aliphatic rings. The van der Waals surface area contributed by atoms with Gasteiger partial charge in [0.1, 0.15) is 0 Å². The van der Waals surface area contributed by atoms with E-state index in [4.69, 9.17) is 6.53 Å². The van der Waals surface area contributed by atoms with Crippen LogP contribution >= 0.6 is 0 Å². The molecular formula is C3H8BNS. The average Bonchev–Trinajstić information content (AvgIpc) is 1.35. The fourth-order valence-electron chi connectivity index (χ4n) is 0.204. The van der Waals surface area contributed by atoms with Crippen LogP contribution in [0.5, 0.6) is 0 Å². The third-order valence-electron chi connectivity index (χ3n) is 0.333. The molecule has 0 rings (SSSR count). The van der Waals surface area contributed by atoms with Gasteiger partial charge in [0.15, 0.2) is 0 Å². The average molecular weight is 101 g/mol. The molecule has 0 saturated heterocycles. The van der Waals surface area contributed by atoms with Crippen molar-refractivity contribution in [2.75, 3.05) is 12.8 Å². The quantitative estimate of drug-likeness (QED) is 0.427. The van der Waals surface area contributed by atoms with Crippen molar-refractivity contribution in [1.29, 1.82) is 0 Å². The Labute approximate surface area is 41.3 Å². The van der Waals surface area contributed by atoms with E-state index < -0.39 is 0 Å². The topological polar surface area (TPSA) is 12.4 Å². The second kappa shape index (κ2) is 3.28. The maximum absolute atomic E-state index is 5.26. The molecule has 0 aliphatic heterocycles. The molecule has 6 heavy (non-hydrogen) atoms. The van der Waals surface area contributed by atoms with Crippen molar-refractivity contribution in [2.24, 2.45) is 4.36 Å². The standard InChI is InChI=1S/C3H8BNS/c1-3-5-6(2)4/h3H2,1-2H3.